The molecule has 0 radical (unpaired) electrons. The summed E-state index contributed by atoms with van der Waals surface area (Å²) in [6, 6.07) is 4.61. The van der Waals surface area contributed by atoms with Gasteiger partial charge in [-0.1, -0.05) is 11.6 Å². The second kappa shape index (κ2) is 10.2. The second-order valence-electron chi connectivity index (χ2n) is 9.95. The van der Waals surface area contributed by atoms with E-state index in [9.17, 15) is 44.7 Å². The molecule has 3 aromatic carbocycles. The van der Waals surface area contributed by atoms with Gasteiger partial charge >= 0.3 is 24.3 Å². The fourth-order valence-corrected chi connectivity index (χ4v) is 5.71. The van der Waals surface area contributed by atoms with Crippen molar-refractivity contribution in [3.8, 4) is 0 Å². The molecule has 0 saturated carbocycles. The Morgan fingerprint density at radius 3 is 2.43 bits per heavy atom. The Kier molecular flexibility index (Phi) is 6.83. The minimum absolute atomic E-state index is 0.0111. The number of carbonyl (C=O) groups excluding carboxylic acids is 2. The molecule has 0 bridgehead atoms. The smallest absolute Gasteiger partial charge is 0.339 e. The van der Waals surface area contributed by atoms with Gasteiger partial charge in [0.15, 0.2) is 0 Å². The first-order valence-corrected chi connectivity index (χ1v) is 13.0. The number of halogens is 9. The summed E-state index contributed by atoms with van der Waals surface area (Å²) in [5, 5.41) is 6.48. The van der Waals surface area contributed by atoms with Gasteiger partial charge in [-0.2, -0.15) is 26.3 Å². The zero-order valence-electron chi connectivity index (χ0n) is 21.7. The number of rotatable bonds is 4. The van der Waals surface area contributed by atoms with Crippen LogP contribution in [0.3, 0.4) is 0 Å². The van der Waals surface area contributed by atoms with Crippen LogP contribution in [0.2, 0.25) is 5.02 Å². The van der Waals surface area contributed by atoms with Gasteiger partial charge in [-0.3, -0.25) is 9.69 Å². The van der Waals surface area contributed by atoms with E-state index in [1.807, 2.05) is 0 Å². The summed E-state index contributed by atoms with van der Waals surface area (Å²) in [6.45, 7) is -0.0111. The van der Waals surface area contributed by atoms with Crippen molar-refractivity contribution in [3.05, 3.63) is 87.6 Å². The number of aromatic nitrogens is 1. The highest BCUT2D eigenvalue weighted by Crippen LogP contribution is 2.50. The SMILES string of the molecule is O=C1NC(c2cc(F)ccc2Cl)c2c(Nc3nccc4c(C(F)(F)F)cc(F)cc34)cc(NC(=O)C(F)(F)F)c3c2N1CC3. The summed E-state index contributed by atoms with van der Waals surface area (Å²) in [5.41, 5.74) is -1.38. The van der Waals surface area contributed by atoms with E-state index in [-0.39, 0.29) is 62.9 Å². The summed E-state index contributed by atoms with van der Waals surface area (Å²) in [5.74, 6) is -4.62. The van der Waals surface area contributed by atoms with Crippen LogP contribution >= 0.6 is 11.6 Å². The van der Waals surface area contributed by atoms with Crippen molar-refractivity contribution in [2.24, 2.45) is 0 Å². The van der Waals surface area contributed by atoms with E-state index in [1.165, 1.54) is 11.0 Å². The van der Waals surface area contributed by atoms with Crippen molar-refractivity contribution in [1.29, 1.82) is 0 Å². The van der Waals surface area contributed by atoms with Gasteiger partial charge in [0.2, 0.25) is 0 Å². The lowest BCUT2D eigenvalue weighted by Crippen LogP contribution is -2.46. The van der Waals surface area contributed by atoms with Crippen LogP contribution in [0.4, 0.5) is 62.8 Å². The molecule has 1 aromatic heterocycles. The number of urea groups is 1. The largest absolute Gasteiger partial charge is 0.471 e. The van der Waals surface area contributed by atoms with Crippen molar-refractivity contribution < 1.29 is 44.7 Å². The van der Waals surface area contributed by atoms with E-state index in [4.69, 9.17) is 11.6 Å². The first-order valence-electron chi connectivity index (χ1n) is 12.7. The highest BCUT2D eigenvalue weighted by molar-refractivity contribution is 6.31. The van der Waals surface area contributed by atoms with Crippen molar-refractivity contribution in [2.75, 3.05) is 22.1 Å². The monoisotopic (exact) mass is 641 g/mol. The first-order chi connectivity index (χ1) is 20.6. The van der Waals surface area contributed by atoms with Crippen LogP contribution in [0, 0.1) is 11.6 Å². The minimum atomic E-state index is -5.29. The van der Waals surface area contributed by atoms with E-state index in [2.05, 4.69) is 15.6 Å². The number of benzene rings is 3. The van der Waals surface area contributed by atoms with Gasteiger partial charge in [-0.15, -0.1) is 0 Å². The summed E-state index contributed by atoms with van der Waals surface area (Å²) in [6.07, 6.45) is -9.21. The Bertz CT molecular complexity index is 1880. The lowest BCUT2D eigenvalue weighted by Gasteiger charge is -2.35. The van der Waals surface area contributed by atoms with E-state index in [0.717, 1.165) is 36.5 Å². The first kappa shape index (κ1) is 29.4. The number of hydrogen-bond acceptors (Lipinski definition) is 4. The second-order valence-corrected chi connectivity index (χ2v) is 10.4. The Balaban J connectivity index is 1.61. The third kappa shape index (κ3) is 5.00. The number of carbonyl (C=O) groups is 2. The molecule has 7 nitrogen and oxygen atoms in total. The molecule has 0 saturated heterocycles. The summed E-state index contributed by atoms with van der Waals surface area (Å²) < 4.78 is 110. The molecule has 0 spiro atoms. The third-order valence-electron chi connectivity index (χ3n) is 7.28. The Morgan fingerprint density at radius 2 is 1.73 bits per heavy atom. The fraction of sp³-hybridized carbons (Fsp3) is 0.179. The molecule has 2 aliphatic rings. The van der Waals surface area contributed by atoms with Gasteiger partial charge < -0.3 is 16.0 Å². The standard InChI is InChI=1S/C28H16ClF8N5O2/c29-18-2-1-11(30)7-16(18)22-21-20(39-24-15-8-12(31)9-17(27(32,33)34)13(15)3-5-38-24)10-19(40-25(43)28(35,36)37)14-4-6-42(23(14)21)26(44)41-22/h1-3,5,7-10,22H,4,6H2,(H,38,39)(H,40,43)(H,41,44). The number of hydrogen-bond donors (Lipinski definition) is 3. The molecule has 4 aromatic rings. The fourth-order valence-electron chi connectivity index (χ4n) is 5.48. The van der Waals surface area contributed by atoms with Gasteiger partial charge in [0.25, 0.3) is 0 Å². The van der Waals surface area contributed by atoms with E-state index < -0.39 is 52.9 Å². The van der Waals surface area contributed by atoms with Crippen LogP contribution in [0.25, 0.3) is 10.8 Å². The number of amides is 3. The average Bonchev–Trinajstić information content (AvgIpc) is 3.38. The summed E-state index contributed by atoms with van der Waals surface area (Å²) >= 11 is 6.36. The number of fused-ring (bicyclic) bond motifs is 1. The van der Waals surface area contributed by atoms with Crippen molar-refractivity contribution in [1.82, 2.24) is 10.3 Å². The summed E-state index contributed by atoms with van der Waals surface area (Å²) in [4.78, 5) is 30.3. The molecule has 228 valence electrons. The van der Waals surface area contributed by atoms with Gasteiger partial charge in [-0.05, 0) is 54.3 Å². The predicted octanol–water partition coefficient (Wildman–Crippen LogP) is 7.60. The maximum absolute atomic E-state index is 14.4. The molecule has 6 rings (SSSR count). The van der Waals surface area contributed by atoms with Crippen LogP contribution in [0.15, 0.2) is 48.7 Å². The molecule has 3 N–H and O–H groups in total. The molecule has 2 aliphatic heterocycles. The highest BCUT2D eigenvalue weighted by Gasteiger charge is 2.43. The molecule has 0 fully saturated rings. The van der Waals surface area contributed by atoms with Crippen LogP contribution in [0.1, 0.15) is 28.3 Å². The molecular formula is C28H16ClF8N5O2. The van der Waals surface area contributed by atoms with Gasteiger partial charge in [0.1, 0.15) is 17.5 Å². The molecule has 1 atom stereocenters. The zero-order chi connectivity index (χ0) is 31.7. The van der Waals surface area contributed by atoms with E-state index in [1.54, 1.807) is 5.32 Å². The minimum Gasteiger partial charge on any atom is -0.339 e. The van der Waals surface area contributed by atoms with Gasteiger partial charge in [-0.25, -0.2) is 18.6 Å². The Morgan fingerprint density at radius 1 is 0.977 bits per heavy atom. The Labute approximate surface area is 246 Å². The third-order valence-corrected chi connectivity index (χ3v) is 7.62. The van der Waals surface area contributed by atoms with Crippen molar-refractivity contribution in [3.63, 3.8) is 0 Å². The number of alkyl halides is 6. The molecule has 3 amide bonds. The van der Waals surface area contributed by atoms with Gasteiger partial charge in [0, 0.05) is 51.2 Å². The van der Waals surface area contributed by atoms with Crippen molar-refractivity contribution in [2.45, 2.75) is 24.8 Å². The molecule has 0 aliphatic carbocycles. The summed E-state index contributed by atoms with van der Waals surface area (Å²) in [7, 11) is 0. The highest BCUT2D eigenvalue weighted by atomic mass is 35.5. The molecule has 44 heavy (non-hydrogen) atoms. The normalized spacial score (nSPS) is 16.2. The van der Waals surface area contributed by atoms with Gasteiger partial charge in [0.05, 0.1) is 17.3 Å². The Hall–Kier alpha value is -4.66. The number of anilines is 4. The van der Waals surface area contributed by atoms with E-state index >= 15 is 0 Å². The quantitative estimate of drug-likeness (QED) is 0.200. The molecule has 16 heteroatoms. The maximum atomic E-state index is 14.4. The molecule has 3 heterocycles. The van der Waals surface area contributed by atoms with Crippen LogP contribution in [0.5, 0.6) is 0 Å². The lowest BCUT2D eigenvalue weighted by molar-refractivity contribution is -0.167. The number of nitrogens with zero attached hydrogens (tertiary/aromatic N) is 2. The lowest BCUT2D eigenvalue weighted by atomic mass is 9.90. The number of nitrogens with one attached hydrogen (secondary N) is 3. The maximum Gasteiger partial charge on any atom is 0.471 e. The molecule has 1 unspecified atom stereocenters. The zero-order valence-corrected chi connectivity index (χ0v) is 22.5. The predicted molar refractivity (Wildman–Crippen MR) is 144 cm³/mol. The van der Waals surface area contributed by atoms with Crippen LogP contribution < -0.4 is 20.9 Å². The van der Waals surface area contributed by atoms with Crippen LogP contribution in [-0.4, -0.2) is 29.6 Å². The van der Waals surface area contributed by atoms with E-state index in [0.29, 0.717) is 6.07 Å². The number of pyridine rings is 1. The average molecular weight is 642 g/mol. The van der Waals surface area contributed by atoms with Crippen molar-refractivity contribution >= 4 is 57.2 Å². The molecular weight excluding hydrogens is 626 g/mol. The van der Waals surface area contributed by atoms with Crippen LogP contribution in [-0.2, 0) is 17.4 Å². The topological polar surface area (TPSA) is 86.4 Å².